The molecule has 0 saturated carbocycles. The Bertz CT molecular complexity index is 1340. The number of alkyl halides is 3. The molecule has 0 aromatic heterocycles. The van der Waals surface area contributed by atoms with Crippen LogP contribution in [0.15, 0.2) is 72.8 Å². The van der Waals surface area contributed by atoms with Crippen LogP contribution in [0.2, 0.25) is 5.02 Å². The highest BCUT2D eigenvalue weighted by molar-refractivity contribution is 6.76. The van der Waals surface area contributed by atoms with Crippen LogP contribution in [-0.4, -0.2) is 50.6 Å². The Hall–Kier alpha value is -1.91. The second kappa shape index (κ2) is 13.4. The van der Waals surface area contributed by atoms with Crippen molar-refractivity contribution in [3.63, 3.8) is 0 Å². The fraction of sp³-hybridized carbons (Fsp3) is 0.387. The maximum Gasteiger partial charge on any atom is 0.276 e. The number of hydrogen-bond acceptors (Lipinski definition) is 6. The standard InChI is InChI=1S/C31H32Cl4N2O5/c32-24-9-7-23(8-10-24)30(40)13-15-37(16-14-30)18-26-17-27(21-3-1-20(19-38)2-4-21)42-28(41-26)22-5-11-25(12-6-22)36-29(39)31(33,34)35/h1-12,26-28,38,40H,13-19H2,(H,36,39)/t26-,27+,28+/m0/s1. The van der Waals surface area contributed by atoms with E-state index in [1.165, 1.54) is 0 Å². The summed E-state index contributed by atoms with van der Waals surface area (Å²) in [6, 6.07) is 22.1. The first-order valence-electron chi connectivity index (χ1n) is 13.7. The van der Waals surface area contributed by atoms with Gasteiger partial charge >= 0.3 is 0 Å². The molecule has 0 unspecified atom stereocenters. The van der Waals surface area contributed by atoms with Crippen LogP contribution in [0.5, 0.6) is 0 Å². The number of rotatable bonds is 7. The summed E-state index contributed by atoms with van der Waals surface area (Å²) in [5.74, 6) is -0.749. The lowest BCUT2D eigenvalue weighted by atomic mass is 9.84. The van der Waals surface area contributed by atoms with Crippen molar-refractivity contribution in [1.29, 1.82) is 0 Å². The molecule has 3 aromatic rings. The molecule has 2 fully saturated rings. The Morgan fingerprint density at radius 3 is 2.14 bits per heavy atom. The van der Waals surface area contributed by atoms with Crippen LogP contribution < -0.4 is 5.32 Å². The van der Waals surface area contributed by atoms with Gasteiger partial charge in [-0.3, -0.25) is 4.79 Å². The number of carbonyl (C=O) groups excluding carboxylic acids is 1. The topological polar surface area (TPSA) is 91.3 Å². The van der Waals surface area contributed by atoms with Gasteiger partial charge in [0.2, 0.25) is 0 Å². The number of ether oxygens (including phenoxy) is 2. The minimum absolute atomic E-state index is 0.0291. The lowest BCUT2D eigenvalue weighted by molar-refractivity contribution is -0.253. The third-order valence-corrected chi connectivity index (χ3v) is 8.61. The summed E-state index contributed by atoms with van der Waals surface area (Å²) < 4.78 is 10.8. The van der Waals surface area contributed by atoms with Crippen molar-refractivity contribution in [2.45, 2.75) is 53.8 Å². The zero-order valence-electron chi connectivity index (χ0n) is 22.7. The number of aliphatic hydroxyl groups is 2. The predicted octanol–water partition coefficient (Wildman–Crippen LogP) is 6.67. The molecule has 2 aliphatic rings. The van der Waals surface area contributed by atoms with E-state index in [9.17, 15) is 15.0 Å². The number of piperidine rings is 1. The number of anilines is 1. The molecule has 1 amide bonds. The number of amides is 1. The molecule has 2 heterocycles. The Balaban J connectivity index is 1.29. The molecule has 11 heteroatoms. The van der Waals surface area contributed by atoms with E-state index in [0.29, 0.717) is 36.5 Å². The van der Waals surface area contributed by atoms with E-state index >= 15 is 0 Å². The molecular weight excluding hydrogens is 622 g/mol. The molecule has 0 spiro atoms. The van der Waals surface area contributed by atoms with E-state index < -0.39 is 21.6 Å². The van der Waals surface area contributed by atoms with Crippen molar-refractivity contribution >= 4 is 58.0 Å². The average Bonchev–Trinajstić information content (AvgIpc) is 2.98. The molecule has 3 aromatic carbocycles. The summed E-state index contributed by atoms with van der Waals surface area (Å²) in [6.07, 6.45) is 0.825. The summed E-state index contributed by atoms with van der Waals surface area (Å²) in [5.41, 5.74) is 3.07. The van der Waals surface area contributed by atoms with Crippen LogP contribution in [0.1, 0.15) is 53.9 Å². The molecule has 0 aliphatic carbocycles. The van der Waals surface area contributed by atoms with Crippen molar-refractivity contribution < 1.29 is 24.5 Å². The summed E-state index contributed by atoms with van der Waals surface area (Å²) in [6.45, 7) is 2.09. The average molecular weight is 654 g/mol. The number of benzene rings is 3. The highest BCUT2D eigenvalue weighted by Crippen LogP contribution is 2.40. The van der Waals surface area contributed by atoms with Crippen molar-refractivity contribution in [2.24, 2.45) is 0 Å². The van der Waals surface area contributed by atoms with Gasteiger partial charge in [0.25, 0.3) is 9.70 Å². The van der Waals surface area contributed by atoms with Crippen molar-refractivity contribution in [1.82, 2.24) is 4.90 Å². The van der Waals surface area contributed by atoms with E-state index in [1.807, 2.05) is 48.5 Å². The van der Waals surface area contributed by atoms with Crippen LogP contribution in [0, 0.1) is 0 Å². The summed E-state index contributed by atoms with van der Waals surface area (Å²) in [7, 11) is 0. The van der Waals surface area contributed by atoms with Gasteiger partial charge in [-0.1, -0.05) is 94.9 Å². The second-order valence-electron chi connectivity index (χ2n) is 10.8. The summed E-state index contributed by atoms with van der Waals surface area (Å²) in [5, 5.41) is 24.0. The van der Waals surface area contributed by atoms with Gasteiger partial charge in [0, 0.05) is 42.3 Å². The van der Waals surface area contributed by atoms with Crippen molar-refractivity contribution in [2.75, 3.05) is 25.0 Å². The number of aliphatic hydroxyl groups excluding tert-OH is 1. The molecule has 7 nitrogen and oxygen atoms in total. The van der Waals surface area contributed by atoms with E-state index in [1.54, 1.807) is 24.3 Å². The van der Waals surface area contributed by atoms with Crippen molar-refractivity contribution in [3.05, 3.63) is 100 Å². The number of nitrogens with zero attached hydrogens (tertiary/aromatic N) is 1. The normalized spacial score (nSPS) is 23.0. The highest BCUT2D eigenvalue weighted by atomic mass is 35.6. The number of nitrogens with one attached hydrogen (secondary N) is 1. The van der Waals surface area contributed by atoms with Crippen LogP contribution in [0.25, 0.3) is 0 Å². The monoisotopic (exact) mass is 652 g/mol. The molecule has 0 radical (unpaired) electrons. The van der Waals surface area contributed by atoms with Crippen LogP contribution >= 0.6 is 46.4 Å². The van der Waals surface area contributed by atoms with Crippen LogP contribution in [-0.2, 0) is 26.5 Å². The summed E-state index contributed by atoms with van der Waals surface area (Å²) >= 11 is 23.1. The fourth-order valence-corrected chi connectivity index (χ4v) is 5.67. The zero-order chi connectivity index (χ0) is 29.9. The SMILES string of the molecule is O=C(Nc1ccc([C@@H]2O[C@H](CN3CCC(O)(c4ccc(Cl)cc4)CC3)C[C@H](c3ccc(CO)cc3)O2)cc1)C(Cl)(Cl)Cl. The number of hydrogen-bond donors (Lipinski definition) is 3. The molecular formula is C31H32Cl4N2O5. The van der Waals surface area contributed by atoms with Gasteiger partial charge in [0.1, 0.15) is 0 Å². The van der Waals surface area contributed by atoms with Crippen LogP contribution in [0.3, 0.4) is 0 Å². The largest absolute Gasteiger partial charge is 0.392 e. The first kappa shape index (κ1) is 31.5. The quantitative estimate of drug-likeness (QED) is 0.247. The zero-order valence-corrected chi connectivity index (χ0v) is 25.7. The third kappa shape index (κ3) is 7.78. The molecule has 2 saturated heterocycles. The highest BCUT2D eigenvalue weighted by Gasteiger charge is 2.37. The van der Waals surface area contributed by atoms with Gasteiger partial charge < -0.3 is 29.9 Å². The Morgan fingerprint density at radius 1 is 0.929 bits per heavy atom. The van der Waals surface area contributed by atoms with Gasteiger partial charge in [-0.2, -0.15) is 0 Å². The van der Waals surface area contributed by atoms with E-state index in [-0.39, 0.29) is 18.8 Å². The number of halogens is 4. The molecule has 3 atom stereocenters. The predicted molar refractivity (Wildman–Crippen MR) is 165 cm³/mol. The minimum atomic E-state index is -2.07. The molecule has 3 N–H and O–H groups in total. The van der Waals surface area contributed by atoms with Gasteiger partial charge in [-0.15, -0.1) is 0 Å². The fourth-order valence-electron chi connectivity index (χ4n) is 5.40. The van der Waals surface area contributed by atoms with Gasteiger partial charge in [-0.25, -0.2) is 0 Å². The summed E-state index contributed by atoms with van der Waals surface area (Å²) in [4.78, 5) is 14.4. The molecule has 42 heavy (non-hydrogen) atoms. The smallest absolute Gasteiger partial charge is 0.276 e. The Labute approximate surface area is 265 Å². The molecule has 2 aliphatic heterocycles. The first-order valence-corrected chi connectivity index (χ1v) is 15.2. The molecule has 224 valence electrons. The van der Waals surface area contributed by atoms with Gasteiger partial charge in [0.05, 0.1) is 24.4 Å². The van der Waals surface area contributed by atoms with Crippen molar-refractivity contribution in [3.8, 4) is 0 Å². The van der Waals surface area contributed by atoms with Crippen LogP contribution in [0.4, 0.5) is 5.69 Å². The minimum Gasteiger partial charge on any atom is -0.392 e. The van der Waals surface area contributed by atoms with Gasteiger partial charge in [-0.05, 0) is 53.8 Å². The van der Waals surface area contributed by atoms with Gasteiger partial charge in [0.15, 0.2) is 6.29 Å². The Kier molecular flexibility index (Phi) is 10.0. The third-order valence-electron chi connectivity index (χ3n) is 7.84. The Morgan fingerprint density at radius 2 is 1.55 bits per heavy atom. The lowest BCUT2D eigenvalue weighted by Gasteiger charge is -2.42. The first-order chi connectivity index (χ1) is 20.0. The second-order valence-corrected chi connectivity index (χ2v) is 13.5. The number of likely N-dealkylation sites (tertiary alicyclic amines) is 1. The maximum absolute atomic E-state index is 12.0. The van der Waals surface area contributed by atoms with E-state index in [4.69, 9.17) is 55.9 Å². The molecule has 0 bridgehead atoms. The lowest BCUT2D eigenvalue weighted by Crippen LogP contribution is -2.46. The molecule has 5 rings (SSSR count). The van der Waals surface area contributed by atoms with E-state index in [2.05, 4.69) is 10.2 Å². The maximum atomic E-state index is 12.0. The number of carbonyl (C=O) groups is 1. The van der Waals surface area contributed by atoms with E-state index in [0.717, 1.165) is 35.3 Å².